The van der Waals surface area contributed by atoms with E-state index in [-0.39, 0.29) is 0 Å². The number of para-hydroxylation sites is 1. The highest BCUT2D eigenvalue weighted by atomic mass is 16.5. The standard InChI is InChI=1S/C17H25NO/c1-18-12-15(13-6-2-3-7-13)11-16-10-14-8-4-5-9-17(14)19-16/h4-5,8-9,13,15-16,18H,2-3,6-7,10-12H2,1H3. The molecule has 2 nitrogen and oxygen atoms in total. The maximum absolute atomic E-state index is 6.12. The summed E-state index contributed by atoms with van der Waals surface area (Å²) in [6.45, 7) is 1.14. The summed E-state index contributed by atoms with van der Waals surface area (Å²) in [5.41, 5.74) is 1.39. The zero-order valence-electron chi connectivity index (χ0n) is 11.9. The van der Waals surface area contributed by atoms with Crippen molar-refractivity contribution in [2.45, 2.75) is 44.6 Å². The molecule has 104 valence electrons. The van der Waals surface area contributed by atoms with Crippen LogP contribution in [0.3, 0.4) is 0 Å². The molecule has 0 radical (unpaired) electrons. The van der Waals surface area contributed by atoms with Crippen molar-refractivity contribution in [1.29, 1.82) is 0 Å². The first-order valence-corrected chi connectivity index (χ1v) is 7.76. The van der Waals surface area contributed by atoms with Crippen LogP contribution in [-0.4, -0.2) is 19.7 Å². The van der Waals surface area contributed by atoms with Crippen LogP contribution in [0, 0.1) is 11.8 Å². The molecule has 19 heavy (non-hydrogen) atoms. The second-order valence-electron chi connectivity index (χ2n) is 6.15. The lowest BCUT2D eigenvalue weighted by molar-refractivity contribution is 0.166. The molecular formula is C17H25NO. The van der Waals surface area contributed by atoms with Gasteiger partial charge in [-0.25, -0.2) is 0 Å². The fourth-order valence-corrected chi connectivity index (χ4v) is 3.86. The normalized spacial score (nSPS) is 24.2. The summed E-state index contributed by atoms with van der Waals surface area (Å²) in [6, 6.07) is 8.51. The van der Waals surface area contributed by atoms with Crippen LogP contribution in [0.4, 0.5) is 0 Å². The Bertz CT molecular complexity index is 386. The predicted octanol–water partition coefficient (Wildman–Crippen LogP) is 3.41. The van der Waals surface area contributed by atoms with Gasteiger partial charge in [0.25, 0.3) is 0 Å². The number of hydrogen-bond acceptors (Lipinski definition) is 2. The largest absolute Gasteiger partial charge is 0.490 e. The van der Waals surface area contributed by atoms with Crippen LogP contribution < -0.4 is 10.1 Å². The van der Waals surface area contributed by atoms with Crippen molar-refractivity contribution in [2.75, 3.05) is 13.6 Å². The summed E-state index contributed by atoms with van der Waals surface area (Å²) >= 11 is 0. The van der Waals surface area contributed by atoms with Crippen LogP contribution in [0.1, 0.15) is 37.7 Å². The molecule has 0 saturated heterocycles. The topological polar surface area (TPSA) is 21.3 Å². The summed E-state index contributed by atoms with van der Waals surface area (Å²) in [5.74, 6) is 2.81. The van der Waals surface area contributed by atoms with Gasteiger partial charge in [-0.2, -0.15) is 0 Å². The summed E-state index contributed by atoms with van der Waals surface area (Å²) in [4.78, 5) is 0. The second-order valence-corrected chi connectivity index (χ2v) is 6.15. The smallest absolute Gasteiger partial charge is 0.123 e. The summed E-state index contributed by atoms with van der Waals surface area (Å²) in [6.07, 6.45) is 8.41. The Labute approximate surface area is 116 Å². The lowest BCUT2D eigenvalue weighted by atomic mass is 9.85. The highest BCUT2D eigenvalue weighted by Gasteiger charge is 2.30. The van der Waals surface area contributed by atoms with Gasteiger partial charge in [0.05, 0.1) is 0 Å². The Balaban J connectivity index is 1.61. The monoisotopic (exact) mass is 259 g/mol. The zero-order valence-corrected chi connectivity index (χ0v) is 11.9. The molecule has 1 heterocycles. The minimum absolute atomic E-state index is 0.399. The zero-order chi connectivity index (χ0) is 13.1. The highest BCUT2D eigenvalue weighted by Crippen LogP contribution is 2.37. The van der Waals surface area contributed by atoms with Gasteiger partial charge < -0.3 is 10.1 Å². The van der Waals surface area contributed by atoms with E-state index < -0.39 is 0 Å². The van der Waals surface area contributed by atoms with Crippen LogP contribution in [-0.2, 0) is 6.42 Å². The van der Waals surface area contributed by atoms with E-state index in [9.17, 15) is 0 Å². The van der Waals surface area contributed by atoms with Crippen molar-refractivity contribution in [2.24, 2.45) is 11.8 Å². The molecule has 2 atom stereocenters. The Morgan fingerprint density at radius 2 is 2.05 bits per heavy atom. The van der Waals surface area contributed by atoms with E-state index in [0.29, 0.717) is 6.10 Å². The number of nitrogens with one attached hydrogen (secondary N) is 1. The molecule has 2 heteroatoms. The highest BCUT2D eigenvalue weighted by molar-refractivity contribution is 5.37. The molecule has 0 bridgehead atoms. The molecule has 0 aromatic heterocycles. The number of rotatable bonds is 5. The van der Waals surface area contributed by atoms with E-state index in [0.717, 1.165) is 30.6 Å². The van der Waals surface area contributed by atoms with Gasteiger partial charge >= 0.3 is 0 Å². The van der Waals surface area contributed by atoms with Crippen molar-refractivity contribution in [1.82, 2.24) is 5.32 Å². The lowest BCUT2D eigenvalue weighted by Crippen LogP contribution is -2.30. The van der Waals surface area contributed by atoms with Crippen LogP contribution >= 0.6 is 0 Å². The average molecular weight is 259 g/mol. The maximum atomic E-state index is 6.12. The molecule has 2 aliphatic rings. The Morgan fingerprint density at radius 1 is 1.26 bits per heavy atom. The summed E-state index contributed by atoms with van der Waals surface area (Å²) in [7, 11) is 2.08. The van der Waals surface area contributed by atoms with E-state index in [1.807, 2.05) is 0 Å². The lowest BCUT2D eigenvalue weighted by Gasteiger charge is -2.25. The Hall–Kier alpha value is -1.02. The first kappa shape index (κ1) is 13.0. The number of benzene rings is 1. The van der Waals surface area contributed by atoms with Crippen LogP contribution in [0.15, 0.2) is 24.3 Å². The quantitative estimate of drug-likeness (QED) is 0.875. The van der Waals surface area contributed by atoms with Gasteiger partial charge in [0, 0.05) is 6.42 Å². The molecule has 2 unspecified atom stereocenters. The van der Waals surface area contributed by atoms with Gasteiger partial charge in [-0.15, -0.1) is 0 Å². The van der Waals surface area contributed by atoms with E-state index in [4.69, 9.17) is 4.74 Å². The summed E-state index contributed by atoms with van der Waals surface area (Å²) < 4.78 is 6.12. The maximum Gasteiger partial charge on any atom is 0.123 e. The molecule has 1 aromatic rings. The molecule has 1 aliphatic heterocycles. The second kappa shape index (κ2) is 5.96. The van der Waals surface area contributed by atoms with Gasteiger partial charge in [0.15, 0.2) is 0 Å². The molecule has 1 saturated carbocycles. The average Bonchev–Trinajstić information content (AvgIpc) is 3.07. The minimum atomic E-state index is 0.399. The van der Waals surface area contributed by atoms with Gasteiger partial charge in [0.2, 0.25) is 0 Å². The molecule has 0 spiro atoms. The molecular weight excluding hydrogens is 234 g/mol. The van der Waals surface area contributed by atoms with Crippen LogP contribution in [0.2, 0.25) is 0 Å². The third kappa shape index (κ3) is 2.94. The number of hydrogen-bond donors (Lipinski definition) is 1. The van der Waals surface area contributed by atoms with Crippen molar-refractivity contribution in [3.63, 3.8) is 0 Å². The van der Waals surface area contributed by atoms with Crippen molar-refractivity contribution < 1.29 is 4.74 Å². The van der Waals surface area contributed by atoms with Crippen molar-refractivity contribution in [3.05, 3.63) is 29.8 Å². The first-order chi connectivity index (χ1) is 9.36. The van der Waals surface area contributed by atoms with Crippen molar-refractivity contribution >= 4 is 0 Å². The van der Waals surface area contributed by atoms with Crippen molar-refractivity contribution in [3.8, 4) is 5.75 Å². The SMILES string of the molecule is CNCC(CC1Cc2ccccc2O1)C1CCCC1. The molecule has 1 aliphatic carbocycles. The molecule has 1 fully saturated rings. The van der Waals surface area contributed by atoms with Gasteiger partial charge in [-0.05, 0) is 43.5 Å². The Kier molecular flexibility index (Phi) is 4.07. The van der Waals surface area contributed by atoms with Gasteiger partial charge in [-0.3, -0.25) is 0 Å². The number of ether oxygens (including phenoxy) is 1. The Morgan fingerprint density at radius 3 is 2.79 bits per heavy atom. The van der Waals surface area contributed by atoms with Crippen LogP contribution in [0.25, 0.3) is 0 Å². The summed E-state index contributed by atoms with van der Waals surface area (Å²) in [5, 5.41) is 3.38. The van der Waals surface area contributed by atoms with E-state index in [2.05, 4.69) is 36.6 Å². The molecule has 3 rings (SSSR count). The van der Waals surface area contributed by atoms with Gasteiger partial charge in [0.1, 0.15) is 11.9 Å². The predicted molar refractivity (Wildman–Crippen MR) is 78.6 cm³/mol. The van der Waals surface area contributed by atoms with Crippen LogP contribution in [0.5, 0.6) is 5.75 Å². The molecule has 1 aromatic carbocycles. The minimum Gasteiger partial charge on any atom is -0.490 e. The molecule has 1 N–H and O–H groups in total. The number of fused-ring (bicyclic) bond motifs is 1. The van der Waals surface area contributed by atoms with E-state index in [1.54, 1.807) is 0 Å². The molecule has 0 amide bonds. The van der Waals surface area contributed by atoms with Gasteiger partial charge in [-0.1, -0.05) is 43.9 Å². The third-order valence-corrected chi connectivity index (χ3v) is 4.81. The van der Waals surface area contributed by atoms with E-state index in [1.165, 1.54) is 37.7 Å². The fourth-order valence-electron chi connectivity index (χ4n) is 3.86. The first-order valence-electron chi connectivity index (χ1n) is 7.76. The third-order valence-electron chi connectivity index (χ3n) is 4.81. The fraction of sp³-hybridized carbons (Fsp3) is 0.647. The van der Waals surface area contributed by atoms with E-state index >= 15 is 0 Å².